The molecule has 44 heavy (non-hydrogen) atoms. The van der Waals surface area contributed by atoms with Crippen molar-refractivity contribution in [1.82, 2.24) is 5.32 Å². The number of benzene rings is 2. The lowest BCUT2D eigenvalue weighted by molar-refractivity contribution is -0.154. The summed E-state index contributed by atoms with van der Waals surface area (Å²) in [6, 6.07) is 14.1. The van der Waals surface area contributed by atoms with Gasteiger partial charge in [-0.25, -0.2) is 14.4 Å². The van der Waals surface area contributed by atoms with E-state index in [1.807, 2.05) is 60.6 Å². The van der Waals surface area contributed by atoms with E-state index in [1.54, 1.807) is 50.2 Å². The van der Waals surface area contributed by atoms with Crippen LogP contribution in [-0.4, -0.2) is 60.5 Å². The molecule has 1 amide bonds. The Kier molecular flexibility index (Phi) is 16.4. The van der Waals surface area contributed by atoms with Gasteiger partial charge in [-0.2, -0.15) is 0 Å². The molecule has 0 heterocycles. The zero-order valence-electron chi connectivity index (χ0n) is 27.3. The number of rotatable bonds is 13. The van der Waals surface area contributed by atoms with E-state index in [2.05, 4.69) is 10.5 Å². The molecule has 0 aliphatic carbocycles. The van der Waals surface area contributed by atoms with Crippen molar-refractivity contribution in [1.29, 1.82) is 0 Å². The third-order valence-electron chi connectivity index (χ3n) is 5.62. The molecule has 0 aromatic heterocycles. The molecule has 0 saturated heterocycles. The van der Waals surface area contributed by atoms with Crippen molar-refractivity contribution >= 4 is 24.2 Å². The average molecular weight is 617 g/mol. The summed E-state index contributed by atoms with van der Waals surface area (Å²) in [5.41, 5.74) is 1.11. The van der Waals surface area contributed by atoms with Gasteiger partial charge < -0.3 is 34.2 Å². The van der Waals surface area contributed by atoms with E-state index in [0.29, 0.717) is 31.3 Å². The molecule has 0 unspecified atom stereocenters. The highest BCUT2D eigenvalue weighted by atomic mass is 16.6. The van der Waals surface area contributed by atoms with Crippen molar-refractivity contribution in [2.75, 3.05) is 13.2 Å². The minimum Gasteiger partial charge on any atom is -0.478 e. The molecule has 2 rings (SSSR count). The van der Waals surface area contributed by atoms with E-state index in [9.17, 15) is 14.4 Å². The van der Waals surface area contributed by atoms with Gasteiger partial charge in [0.05, 0.1) is 19.4 Å². The molecule has 11 nitrogen and oxygen atoms in total. The Morgan fingerprint density at radius 3 is 1.59 bits per heavy atom. The number of nitrogens with zero attached hydrogens (tertiary/aromatic N) is 1. The highest BCUT2D eigenvalue weighted by Gasteiger charge is 2.26. The lowest BCUT2D eigenvalue weighted by Crippen LogP contribution is -2.34. The first-order chi connectivity index (χ1) is 20.7. The van der Waals surface area contributed by atoms with Gasteiger partial charge in [0.25, 0.3) is 0 Å². The van der Waals surface area contributed by atoms with Crippen LogP contribution < -0.4 is 14.8 Å². The normalized spacial score (nSPS) is 12.5. The summed E-state index contributed by atoms with van der Waals surface area (Å²) in [7, 11) is 0. The fourth-order valence-corrected chi connectivity index (χ4v) is 3.53. The minimum absolute atomic E-state index is 0.00689. The summed E-state index contributed by atoms with van der Waals surface area (Å²) in [6.07, 6.45) is -0.423. The van der Waals surface area contributed by atoms with E-state index in [0.717, 1.165) is 11.1 Å². The van der Waals surface area contributed by atoms with Crippen LogP contribution in [0.3, 0.4) is 0 Å². The van der Waals surface area contributed by atoms with Crippen LogP contribution in [0.4, 0.5) is 4.79 Å². The number of amides is 1. The predicted octanol–water partition coefficient (Wildman–Crippen LogP) is 6.14. The fraction of sp³-hybridized carbons (Fsp3) is 0.515. The summed E-state index contributed by atoms with van der Waals surface area (Å²) < 4.78 is 26.6. The Morgan fingerprint density at radius 1 is 0.795 bits per heavy atom. The van der Waals surface area contributed by atoms with Gasteiger partial charge in [-0.05, 0) is 82.1 Å². The van der Waals surface area contributed by atoms with Gasteiger partial charge in [0.1, 0.15) is 17.1 Å². The molecule has 0 aliphatic heterocycles. The van der Waals surface area contributed by atoms with Gasteiger partial charge in [0, 0.05) is 18.4 Å². The zero-order chi connectivity index (χ0) is 33.3. The third-order valence-corrected chi connectivity index (χ3v) is 5.62. The first-order valence-corrected chi connectivity index (χ1v) is 14.7. The van der Waals surface area contributed by atoms with Crippen LogP contribution in [0.5, 0.6) is 11.5 Å². The largest absolute Gasteiger partial charge is 0.478 e. The van der Waals surface area contributed by atoms with Crippen molar-refractivity contribution in [2.24, 2.45) is 17.0 Å². The van der Waals surface area contributed by atoms with Crippen molar-refractivity contribution < 1.29 is 43.3 Å². The van der Waals surface area contributed by atoms with Crippen molar-refractivity contribution in [3.8, 4) is 11.5 Å². The number of alkyl carbamates (subject to hydrolysis) is 1. The highest BCUT2D eigenvalue weighted by molar-refractivity contribution is 5.79. The Hall–Kier alpha value is -4.28. The number of carbonyl (C=O) groups excluding carboxylic acids is 3. The van der Waals surface area contributed by atoms with Crippen LogP contribution in [0.25, 0.3) is 0 Å². The molecule has 0 fully saturated rings. The van der Waals surface area contributed by atoms with Crippen LogP contribution in [0, 0.1) is 11.8 Å². The second-order valence-electron chi connectivity index (χ2n) is 11.4. The van der Waals surface area contributed by atoms with E-state index >= 15 is 0 Å². The molecular formula is C33H48N2O9. The monoisotopic (exact) mass is 616 g/mol. The summed E-state index contributed by atoms with van der Waals surface area (Å²) in [5, 5.41) is 14.0. The van der Waals surface area contributed by atoms with Gasteiger partial charge in [-0.3, -0.25) is 0 Å². The number of nitrogens with one attached hydrogen (secondary N) is 1. The van der Waals surface area contributed by atoms with Crippen molar-refractivity contribution in [3.63, 3.8) is 0 Å². The van der Waals surface area contributed by atoms with Gasteiger partial charge in [-0.1, -0.05) is 45.0 Å². The van der Waals surface area contributed by atoms with Crippen LogP contribution in [0.1, 0.15) is 73.4 Å². The lowest BCUT2D eigenvalue weighted by atomic mass is 10.1. The number of ether oxygens (including phenoxy) is 5. The molecular weight excluding hydrogens is 568 g/mol. The van der Waals surface area contributed by atoms with Gasteiger partial charge in [0.2, 0.25) is 0 Å². The Balaban J connectivity index is 0.000000457. The van der Waals surface area contributed by atoms with E-state index < -0.39 is 23.9 Å². The smallest absolute Gasteiger partial charge is 0.407 e. The molecule has 2 aromatic carbocycles. The molecule has 0 spiro atoms. The molecule has 0 bridgehead atoms. The molecule has 0 aliphatic rings. The summed E-state index contributed by atoms with van der Waals surface area (Å²) in [5.74, 6) is 0.423. The first-order valence-electron chi connectivity index (χ1n) is 14.7. The number of hydrogen-bond acceptors (Lipinski definition) is 10. The number of esters is 2. The number of hydrogen-bond donors (Lipinski definition) is 2. The summed E-state index contributed by atoms with van der Waals surface area (Å²) >= 11 is 0. The van der Waals surface area contributed by atoms with Gasteiger partial charge in [-0.15, -0.1) is 0 Å². The quantitative estimate of drug-likeness (QED) is 0.0892. The maximum absolute atomic E-state index is 11.9. The van der Waals surface area contributed by atoms with E-state index in [1.165, 1.54) is 6.21 Å². The van der Waals surface area contributed by atoms with Crippen LogP contribution in [0.15, 0.2) is 53.7 Å². The first kappa shape index (κ1) is 37.7. The highest BCUT2D eigenvalue weighted by Crippen LogP contribution is 2.19. The van der Waals surface area contributed by atoms with Crippen LogP contribution >= 0.6 is 0 Å². The van der Waals surface area contributed by atoms with E-state index in [4.69, 9.17) is 28.9 Å². The van der Waals surface area contributed by atoms with Crippen molar-refractivity contribution in [3.05, 3.63) is 59.7 Å². The lowest BCUT2D eigenvalue weighted by Gasteiger charge is -2.21. The molecule has 2 atom stereocenters. The average Bonchev–Trinajstić information content (AvgIpc) is 2.94. The molecule has 0 saturated carbocycles. The standard InChI is InChI=1S/C19H29NO5.C14H19NO4/c1-7-23-17(21)16(13(2)3)24-15-10-8-14(9-11-15)12-20-18(22)25-19(4,5)6;1-4-18-14(16)13(10(2)3)19-12-7-5-11(6-8-12)9-15-17/h8-11,13,16H,7,12H2,1-6H3,(H,20,22);5-10,13,17H,4H2,1-3H3/b;15-9-/t16-;13-/m00/s1. The Labute approximate surface area is 260 Å². The molecule has 2 aromatic rings. The third kappa shape index (κ3) is 14.8. The second kappa shape index (κ2) is 19.1. The maximum atomic E-state index is 11.9. The summed E-state index contributed by atoms with van der Waals surface area (Å²) in [6.45, 7) is 17.6. The Bertz CT molecular complexity index is 1170. The topological polar surface area (TPSA) is 142 Å². The molecule has 244 valence electrons. The fourth-order valence-electron chi connectivity index (χ4n) is 3.53. The van der Waals surface area contributed by atoms with Crippen LogP contribution in [0.2, 0.25) is 0 Å². The summed E-state index contributed by atoms with van der Waals surface area (Å²) in [4.78, 5) is 35.3. The molecule has 11 heteroatoms. The SMILES string of the molecule is CCOC(=O)[C@@H](Oc1ccc(/C=N\O)cc1)C(C)C.CCOC(=O)[C@@H](Oc1ccc(CNC(=O)OC(C)(C)C)cc1)C(C)C. The zero-order valence-corrected chi connectivity index (χ0v) is 27.3. The van der Waals surface area contributed by atoms with Crippen molar-refractivity contribution in [2.45, 2.75) is 86.7 Å². The minimum atomic E-state index is -0.648. The van der Waals surface area contributed by atoms with Gasteiger partial charge >= 0.3 is 18.0 Å². The maximum Gasteiger partial charge on any atom is 0.407 e. The predicted molar refractivity (Wildman–Crippen MR) is 167 cm³/mol. The number of oxime groups is 1. The second-order valence-corrected chi connectivity index (χ2v) is 11.4. The molecule has 2 N–H and O–H groups in total. The van der Waals surface area contributed by atoms with Crippen LogP contribution in [-0.2, 0) is 30.3 Å². The molecule has 0 radical (unpaired) electrons. The van der Waals surface area contributed by atoms with Gasteiger partial charge in [0.15, 0.2) is 12.2 Å². The number of carbonyl (C=O) groups is 3. The Morgan fingerprint density at radius 2 is 1.23 bits per heavy atom. The van der Waals surface area contributed by atoms with E-state index in [-0.39, 0.29) is 23.8 Å².